The Kier molecular flexibility index (Phi) is 4.62. The minimum absolute atomic E-state index is 0.0450. The molecule has 1 unspecified atom stereocenters. The number of nitrogens with two attached hydrogens (primary N) is 1. The molecule has 1 aromatic carbocycles. The van der Waals surface area contributed by atoms with E-state index in [4.69, 9.17) is 5.73 Å². The molecule has 1 atom stereocenters. The second-order valence-electron chi connectivity index (χ2n) is 4.23. The number of benzene rings is 1. The molecular weight excluding hydrogens is 254 g/mol. The summed E-state index contributed by atoms with van der Waals surface area (Å²) in [4.78, 5) is 11.4. The fraction of sp³-hybridized carbons (Fsp3) is 0.214. The van der Waals surface area contributed by atoms with E-state index in [1.807, 2.05) is 30.3 Å². The van der Waals surface area contributed by atoms with Crippen LogP contribution in [0, 0.1) is 0 Å². The van der Waals surface area contributed by atoms with Crippen molar-refractivity contribution in [2.75, 3.05) is 18.9 Å². The monoisotopic (exact) mass is 271 g/mol. The van der Waals surface area contributed by atoms with E-state index in [2.05, 4.69) is 20.8 Å². The molecule has 4 N–H and O–H groups in total. The Morgan fingerprint density at radius 1 is 1.20 bits per heavy atom. The fourth-order valence-electron chi connectivity index (χ4n) is 1.80. The normalized spacial score (nSPS) is 11.7. The first kappa shape index (κ1) is 14.0. The number of aromatic nitrogens is 2. The molecule has 0 aliphatic heterocycles. The minimum atomic E-state index is -0.262. The number of nitrogens with one attached hydrogen (secondary N) is 2. The van der Waals surface area contributed by atoms with Crippen molar-refractivity contribution in [3.8, 4) is 0 Å². The summed E-state index contributed by atoms with van der Waals surface area (Å²) in [7, 11) is 1.55. The standard InChI is InChI=1S/C14H17N5O/c1-16-14(20)11-7-8-13(19-18-11)17-12(9-15)10-5-3-2-4-6-10/h2-8,12H,9,15H2,1H3,(H,16,20)(H,17,19). The van der Waals surface area contributed by atoms with Crippen LogP contribution in [0.25, 0.3) is 0 Å². The summed E-state index contributed by atoms with van der Waals surface area (Å²) in [5.74, 6) is 0.319. The number of amides is 1. The third kappa shape index (κ3) is 3.30. The quantitative estimate of drug-likeness (QED) is 0.753. The lowest BCUT2D eigenvalue weighted by Gasteiger charge is -2.17. The van der Waals surface area contributed by atoms with Gasteiger partial charge < -0.3 is 16.4 Å². The van der Waals surface area contributed by atoms with Crippen LogP contribution >= 0.6 is 0 Å². The SMILES string of the molecule is CNC(=O)c1ccc(NC(CN)c2ccccc2)nn1. The van der Waals surface area contributed by atoms with Gasteiger partial charge in [0.25, 0.3) is 5.91 Å². The Balaban J connectivity index is 2.10. The Morgan fingerprint density at radius 2 is 1.95 bits per heavy atom. The summed E-state index contributed by atoms with van der Waals surface area (Å²) in [6.07, 6.45) is 0. The first-order valence-corrected chi connectivity index (χ1v) is 6.32. The Labute approximate surface area is 117 Å². The van der Waals surface area contributed by atoms with Crippen molar-refractivity contribution in [1.82, 2.24) is 15.5 Å². The Bertz CT molecular complexity index is 556. The zero-order valence-corrected chi connectivity index (χ0v) is 11.2. The first-order valence-electron chi connectivity index (χ1n) is 6.32. The molecule has 0 radical (unpaired) electrons. The van der Waals surface area contributed by atoms with Gasteiger partial charge in [0.2, 0.25) is 0 Å². The topological polar surface area (TPSA) is 92.9 Å². The largest absolute Gasteiger partial charge is 0.360 e. The van der Waals surface area contributed by atoms with E-state index in [9.17, 15) is 4.79 Å². The summed E-state index contributed by atoms with van der Waals surface area (Å²) in [6, 6.07) is 13.1. The summed E-state index contributed by atoms with van der Waals surface area (Å²) in [5.41, 5.74) is 7.13. The van der Waals surface area contributed by atoms with Gasteiger partial charge in [0.15, 0.2) is 5.69 Å². The van der Waals surface area contributed by atoms with Crippen molar-refractivity contribution in [3.63, 3.8) is 0 Å². The van der Waals surface area contributed by atoms with Gasteiger partial charge in [-0.15, -0.1) is 10.2 Å². The maximum atomic E-state index is 11.4. The molecule has 1 aromatic heterocycles. The zero-order valence-electron chi connectivity index (χ0n) is 11.2. The lowest BCUT2D eigenvalue weighted by molar-refractivity contribution is 0.0957. The van der Waals surface area contributed by atoms with Crippen molar-refractivity contribution in [2.24, 2.45) is 5.73 Å². The molecule has 2 rings (SSSR count). The molecule has 0 aliphatic rings. The van der Waals surface area contributed by atoms with Crippen molar-refractivity contribution in [2.45, 2.75) is 6.04 Å². The second kappa shape index (κ2) is 6.63. The predicted molar refractivity (Wildman–Crippen MR) is 77.3 cm³/mol. The molecule has 6 heteroatoms. The van der Waals surface area contributed by atoms with Crippen LogP contribution in [0.4, 0.5) is 5.82 Å². The van der Waals surface area contributed by atoms with Crippen molar-refractivity contribution >= 4 is 11.7 Å². The van der Waals surface area contributed by atoms with E-state index in [0.29, 0.717) is 12.4 Å². The maximum Gasteiger partial charge on any atom is 0.271 e. The number of nitrogens with zero attached hydrogens (tertiary/aromatic N) is 2. The van der Waals surface area contributed by atoms with Gasteiger partial charge in [-0.2, -0.15) is 0 Å². The van der Waals surface area contributed by atoms with Crippen LogP contribution in [0.15, 0.2) is 42.5 Å². The van der Waals surface area contributed by atoms with Crippen molar-refractivity contribution in [3.05, 3.63) is 53.7 Å². The Morgan fingerprint density at radius 3 is 2.50 bits per heavy atom. The van der Waals surface area contributed by atoms with Crippen molar-refractivity contribution < 1.29 is 4.79 Å². The molecule has 1 amide bonds. The van der Waals surface area contributed by atoms with E-state index < -0.39 is 0 Å². The first-order chi connectivity index (χ1) is 9.74. The van der Waals surface area contributed by atoms with Crippen molar-refractivity contribution in [1.29, 1.82) is 0 Å². The van der Waals surface area contributed by atoms with Gasteiger partial charge in [0.05, 0.1) is 6.04 Å². The second-order valence-corrected chi connectivity index (χ2v) is 4.23. The zero-order chi connectivity index (χ0) is 14.4. The van der Waals surface area contributed by atoms with Gasteiger partial charge in [0.1, 0.15) is 5.82 Å². The summed E-state index contributed by atoms with van der Waals surface area (Å²) >= 11 is 0. The number of anilines is 1. The molecule has 0 bridgehead atoms. The van der Waals surface area contributed by atoms with E-state index in [1.165, 1.54) is 0 Å². The van der Waals surface area contributed by atoms with Crippen LogP contribution in [-0.4, -0.2) is 29.7 Å². The molecule has 2 aromatic rings. The summed E-state index contributed by atoms with van der Waals surface area (Å²) in [5, 5.41) is 13.5. The third-order valence-corrected chi connectivity index (χ3v) is 2.88. The molecule has 1 heterocycles. The van der Waals surface area contributed by atoms with E-state index in [0.717, 1.165) is 5.56 Å². The number of carbonyl (C=O) groups excluding carboxylic acids is 1. The molecule has 6 nitrogen and oxygen atoms in total. The van der Waals surface area contributed by atoms with Crippen LogP contribution in [0.1, 0.15) is 22.1 Å². The lowest BCUT2D eigenvalue weighted by Crippen LogP contribution is -2.22. The summed E-state index contributed by atoms with van der Waals surface area (Å²) in [6.45, 7) is 0.433. The summed E-state index contributed by atoms with van der Waals surface area (Å²) < 4.78 is 0. The maximum absolute atomic E-state index is 11.4. The van der Waals surface area contributed by atoms with Gasteiger partial charge in [-0.05, 0) is 17.7 Å². The molecule has 0 aliphatic carbocycles. The highest BCUT2D eigenvalue weighted by Crippen LogP contribution is 2.16. The van der Waals surface area contributed by atoms with Gasteiger partial charge in [-0.1, -0.05) is 30.3 Å². The highest BCUT2D eigenvalue weighted by Gasteiger charge is 2.11. The van der Waals surface area contributed by atoms with Crippen LogP contribution < -0.4 is 16.4 Å². The van der Waals surface area contributed by atoms with E-state index in [1.54, 1.807) is 19.2 Å². The molecule has 0 fully saturated rings. The lowest BCUT2D eigenvalue weighted by atomic mass is 10.1. The fourth-order valence-corrected chi connectivity index (χ4v) is 1.80. The molecule has 20 heavy (non-hydrogen) atoms. The smallest absolute Gasteiger partial charge is 0.271 e. The molecule has 0 saturated carbocycles. The average molecular weight is 271 g/mol. The highest BCUT2D eigenvalue weighted by atomic mass is 16.1. The van der Waals surface area contributed by atoms with Crippen LogP contribution in [0.5, 0.6) is 0 Å². The predicted octanol–water partition coefficient (Wildman–Crippen LogP) is 0.948. The number of rotatable bonds is 5. The van der Waals surface area contributed by atoms with Crippen LogP contribution in [0.3, 0.4) is 0 Å². The Hall–Kier alpha value is -2.47. The number of carbonyl (C=O) groups is 1. The van der Waals surface area contributed by atoms with Gasteiger partial charge in [0, 0.05) is 13.6 Å². The molecule has 0 spiro atoms. The van der Waals surface area contributed by atoms with E-state index >= 15 is 0 Å². The number of hydrogen-bond acceptors (Lipinski definition) is 5. The van der Waals surface area contributed by atoms with Crippen LogP contribution in [-0.2, 0) is 0 Å². The molecule has 0 saturated heterocycles. The highest BCUT2D eigenvalue weighted by molar-refractivity contribution is 5.91. The van der Waals surface area contributed by atoms with Gasteiger partial charge >= 0.3 is 0 Å². The van der Waals surface area contributed by atoms with Crippen LogP contribution in [0.2, 0.25) is 0 Å². The van der Waals surface area contributed by atoms with Gasteiger partial charge in [-0.25, -0.2) is 0 Å². The van der Waals surface area contributed by atoms with E-state index in [-0.39, 0.29) is 17.6 Å². The third-order valence-electron chi connectivity index (χ3n) is 2.88. The average Bonchev–Trinajstić information content (AvgIpc) is 2.53. The van der Waals surface area contributed by atoms with Gasteiger partial charge in [-0.3, -0.25) is 4.79 Å². The number of hydrogen-bond donors (Lipinski definition) is 3. The molecular formula is C14H17N5O. The molecule has 104 valence electrons. The minimum Gasteiger partial charge on any atom is -0.360 e.